The van der Waals surface area contributed by atoms with Gasteiger partial charge in [0.05, 0.1) is 10.8 Å². The number of carboxylic acids is 1. The summed E-state index contributed by atoms with van der Waals surface area (Å²) in [7, 11) is 0. The van der Waals surface area contributed by atoms with Crippen LogP contribution >= 0.6 is 11.8 Å². The Morgan fingerprint density at radius 2 is 1.48 bits per heavy atom. The van der Waals surface area contributed by atoms with E-state index in [4.69, 9.17) is 5.11 Å². The minimum Gasteiger partial charge on any atom is -0.478 e. The topological polar surface area (TPSA) is 95.5 Å². The highest BCUT2D eigenvalue weighted by Gasteiger charge is 2.15. The number of carboxylic acid groups (broad SMARTS) is 1. The molecule has 1 unspecified atom stereocenters. The number of rotatable bonds is 7. The first-order chi connectivity index (χ1) is 14.8. The van der Waals surface area contributed by atoms with E-state index in [0.29, 0.717) is 16.9 Å². The van der Waals surface area contributed by atoms with Crippen molar-refractivity contribution in [2.75, 3.05) is 10.6 Å². The SMILES string of the molecule is Cc1ccc(C(=O)Nc2cccc(SC(C)C(=O)Nc3ccc(C(=O)O)cc3)c2)cc1. The van der Waals surface area contributed by atoms with Crippen LogP contribution in [0.3, 0.4) is 0 Å². The Balaban J connectivity index is 1.60. The van der Waals surface area contributed by atoms with Gasteiger partial charge < -0.3 is 15.7 Å². The molecule has 0 aliphatic rings. The van der Waals surface area contributed by atoms with E-state index < -0.39 is 11.2 Å². The Hall–Kier alpha value is -3.58. The van der Waals surface area contributed by atoms with Crippen LogP contribution in [0.2, 0.25) is 0 Å². The average molecular weight is 435 g/mol. The summed E-state index contributed by atoms with van der Waals surface area (Å²) in [6, 6.07) is 20.6. The highest BCUT2D eigenvalue weighted by atomic mass is 32.2. The van der Waals surface area contributed by atoms with Crippen molar-refractivity contribution in [1.29, 1.82) is 0 Å². The van der Waals surface area contributed by atoms with Crippen LogP contribution in [0.1, 0.15) is 33.2 Å². The van der Waals surface area contributed by atoms with E-state index >= 15 is 0 Å². The summed E-state index contributed by atoms with van der Waals surface area (Å²) >= 11 is 1.36. The third kappa shape index (κ3) is 6.20. The molecule has 3 N–H and O–H groups in total. The maximum absolute atomic E-state index is 12.5. The van der Waals surface area contributed by atoms with E-state index in [1.165, 1.54) is 23.9 Å². The molecule has 0 saturated heterocycles. The van der Waals surface area contributed by atoms with Crippen LogP contribution in [0.5, 0.6) is 0 Å². The van der Waals surface area contributed by atoms with Crippen molar-refractivity contribution in [1.82, 2.24) is 0 Å². The number of thioether (sulfide) groups is 1. The molecule has 0 aliphatic heterocycles. The minimum atomic E-state index is -1.02. The molecule has 1 atom stereocenters. The normalized spacial score (nSPS) is 11.4. The second-order valence-corrected chi connectivity index (χ2v) is 8.39. The monoisotopic (exact) mass is 434 g/mol. The molecule has 31 heavy (non-hydrogen) atoms. The summed E-state index contributed by atoms with van der Waals surface area (Å²) in [5.41, 5.74) is 2.99. The lowest BCUT2D eigenvalue weighted by molar-refractivity contribution is -0.115. The number of nitrogens with one attached hydrogen (secondary N) is 2. The molecule has 3 aromatic rings. The van der Waals surface area contributed by atoms with Crippen molar-refractivity contribution in [3.63, 3.8) is 0 Å². The Labute approximate surface area is 184 Å². The van der Waals surface area contributed by atoms with Crippen molar-refractivity contribution in [3.8, 4) is 0 Å². The number of amides is 2. The fraction of sp³-hybridized carbons (Fsp3) is 0.125. The van der Waals surface area contributed by atoms with Gasteiger partial charge in [-0.25, -0.2) is 4.79 Å². The van der Waals surface area contributed by atoms with Crippen molar-refractivity contribution >= 4 is 40.9 Å². The molecular weight excluding hydrogens is 412 g/mol. The van der Waals surface area contributed by atoms with Crippen LogP contribution in [0.4, 0.5) is 11.4 Å². The molecule has 2 amide bonds. The Morgan fingerprint density at radius 1 is 0.839 bits per heavy atom. The van der Waals surface area contributed by atoms with Crippen LogP contribution in [-0.4, -0.2) is 28.1 Å². The van der Waals surface area contributed by atoms with Crippen LogP contribution < -0.4 is 10.6 Å². The number of carbonyl (C=O) groups excluding carboxylic acids is 2. The first kappa shape index (κ1) is 22.1. The number of anilines is 2. The van der Waals surface area contributed by atoms with Gasteiger partial charge in [0, 0.05) is 21.8 Å². The summed E-state index contributed by atoms with van der Waals surface area (Å²) in [6.45, 7) is 3.74. The molecule has 158 valence electrons. The Morgan fingerprint density at radius 3 is 2.13 bits per heavy atom. The molecule has 0 aliphatic carbocycles. The largest absolute Gasteiger partial charge is 0.478 e. The Bertz CT molecular complexity index is 1100. The number of benzene rings is 3. The van der Waals surface area contributed by atoms with E-state index in [1.807, 2.05) is 37.3 Å². The van der Waals surface area contributed by atoms with E-state index in [2.05, 4.69) is 10.6 Å². The van der Waals surface area contributed by atoms with Gasteiger partial charge in [-0.15, -0.1) is 11.8 Å². The molecule has 0 fully saturated rings. The average Bonchev–Trinajstić information content (AvgIpc) is 2.74. The second-order valence-electron chi connectivity index (χ2n) is 6.98. The molecule has 0 aromatic heterocycles. The zero-order chi connectivity index (χ0) is 22.4. The van der Waals surface area contributed by atoms with Crippen LogP contribution in [0.25, 0.3) is 0 Å². The lowest BCUT2D eigenvalue weighted by Gasteiger charge is -2.13. The fourth-order valence-electron chi connectivity index (χ4n) is 2.75. The molecule has 3 rings (SSSR count). The highest BCUT2D eigenvalue weighted by Crippen LogP contribution is 2.27. The lowest BCUT2D eigenvalue weighted by Crippen LogP contribution is -2.22. The van der Waals surface area contributed by atoms with Gasteiger partial charge in [-0.3, -0.25) is 9.59 Å². The molecule has 7 heteroatoms. The Kier molecular flexibility index (Phi) is 7.10. The maximum atomic E-state index is 12.5. The second kappa shape index (κ2) is 9.95. The van der Waals surface area contributed by atoms with Crippen LogP contribution in [-0.2, 0) is 4.79 Å². The lowest BCUT2D eigenvalue weighted by atomic mass is 10.1. The van der Waals surface area contributed by atoms with Crippen molar-refractivity contribution in [2.24, 2.45) is 0 Å². The van der Waals surface area contributed by atoms with Gasteiger partial charge in [-0.1, -0.05) is 23.8 Å². The zero-order valence-electron chi connectivity index (χ0n) is 17.1. The first-order valence-corrected chi connectivity index (χ1v) is 10.5. The third-order valence-electron chi connectivity index (χ3n) is 4.49. The molecule has 0 spiro atoms. The fourth-order valence-corrected chi connectivity index (χ4v) is 3.68. The van der Waals surface area contributed by atoms with Gasteiger partial charge in [-0.05, 0) is 68.4 Å². The minimum absolute atomic E-state index is 0.157. The van der Waals surface area contributed by atoms with Gasteiger partial charge in [0.2, 0.25) is 5.91 Å². The molecular formula is C24H22N2O4S. The van der Waals surface area contributed by atoms with Gasteiger partial charge in [0.15, 0.2) is 0 Å². The van der Waals surface area contributed by atoms with E-state index in [-0.39, 0.29) is 17.4 Å². The van der Waals surface area contributed by atoms with Gasteiger partial charge in [0.25, 0.3) is 5.91 Å². The third-order valence-corrected chi connectivity index (χ3v) is 5.58. The van der Waals surface area contributed by atoms with Crippen molar-refractivity contribution < 1.29 is 19.5 Å². The number of hydrogen-bond acceptors (Lipinski definition) is 4. The van der Waals surface area contributed by atoms with Crippen molar-refractivity contribution in [2.45, 2.75) is 24.0 Å². The standard InChI is InChI=1S/C24H22N2O4S/c1-15-6-8-17(9-7-15)23(28)26-20-4-3-5-21(14-20)31-16(2)22(27)25-19-12-10-18(11-13-19)24(29)30/h3-14,16H,1-2H3,(H,25,27)(H,26,28)(H,29,30). The van der Waals surface area contributed by atoms with Gasteiger partial charge in [0.1, 0.15) is 0 Å². The summed E-state index contributed by atoms with van der Waals surface area (Å²) < 4.78 is 0. The maximum Gasteiger partial charge on any atom is 0.335 e. The smallest absolute Gasteiger partial charge is 0.335 e. The summed E-state index contributed by atoms with van der Waals surface area (Å²) in [5, 5.41) is 14.2. The molecule has 6 nitrogen and oxygen atoms in total. The molecule has 3 aromatic carbocycles. The number of aryl methyl sites for hydroxylation is 1. The van der Waals surface area contributed by atoms with E-state index in [1.54, 1.807) is 37.3 Å². The summed E-state index contributed by atoms with van der Waals surface area (Å²) in [5.74, 6) is -1.42. The molecule has 0 saturated carbocycles. The zero-order valence-corrected chi connectivity index (χ0v) is 17.9. The van der Waals surface area contributed by atoms with Gasteiger partial charge >= 0.3 is 5.97 Å². The quantitative estimate of drug-likeness (QED) is 0.452. The molecule has 0 heterocycles. The number of aromatic carboxylic acids is 1. The summed E-state index contributed by atoms with van der Waals surface area (Å²) in [4.78, 5) is 36.7. The van der Waals surface area contributed by atoms with E-state index in [9.17, 15) is 14.4 Å². The van der Waals surface area contributed by atoms with Crippen molar-refractivity contribution in [3.05, 3.63) is 89.5 Å². The predicted octanol–water partition coefficient (Wildman–Crippen LogP) is 5.06. The summed E-state index contributed by atoms with van der Waals surface area (Å²) in [6.07, 6.45) is 0. The molecule has 0 radical (unpaired) electrons. The predicted molar refractivity (Wildman–Crippen MR) is 123 cm³/mol. The van der Waals surface area contributed by atoms with Crippen LogP contribution in [0.15, 0.2) is 77.7 Å². The van der Waals surface area contributed by atoms with Crippen LogP contribution in [0, 0.1) is 6.92 Å². The van der Waals surface area contributed by atoms with Gasteiger partial charge in [-0.2, -0.15) is 0 Å². The van der Waals surface area contributed by atoms with E-state index in [0.717, 1.165) is 10.5 Å². The number of carbonyl (C=O) groups is 3. The first-order valence-electron chi connectivity index (χ1n) is 9.61. The highest BCUT2D eigenvalue weighted by molar-refractivity contribution is 8.00. The number of hydrogen-bond donors (Lipinski definition) is 3. The molecule has 0 bridgehead atoms.